The number of benzene rings is 1. The molecule has 0 aliphatic heterocycles. The van der Waals surface area contributed by atoms with Crippen LogP contribution in [0.2, 0.25) is 0 Å². The van der Waals surface area contributed by atoms with E-state index in [1.807, 2.05) is 0 Å². The van der Waals surface area contributed by atoms with Crippen molar-refractivity contribution in [2.24, 2.45) is 11.3 Å². The molecular weight excluding hydrogens is 254 g/mol. The van der Waals surface area contributed by atoms with E-state index in [9.17, 15) is 0 Å². The highest BCUT2D eigenvalue weighted by Gasteiger charge is 2.31. The molecule has 1 atom stereocenters. The first-order valence-electron chi connectivity index (χ1n) is 8.88. The van der Waals surface area contributed by atoms with Crippen LogP contribution in [-0.2, 0) is 6.42 Å². The summed E-state index contributed by atoms with van der Waals surface area (Å²) in [6.45, 7) is 10.5. The Kier molecular flexibility index (Phi) is 5.87. The van der Waals surface area contributed by atoms with Gasteiger partial charge in [-0.25, -0.2) is 0 Å². The molecule has 0 radical (unpaired) electrons. The molecule has 0 spiro atoms. The Labute approximate surface area is 131 Å². The molecule has 1 aliphatic rings. The van der Waals surface area contributed by atoms with Crippen molar-refractivity contribution in [2.45, 2.75) is 72.3 Å². The molecular formula is C20H33N. The molecule has 0 bridgehead atoms. The van der Waals surface area contributed by atoms with Crippen LogP contribution in [0.3, 0.4) is 0 Å². The van der Waals surface area contributed by atoms with Crippen molar-refractivity contribution in [3.63, 3.8) is 0 Å². The minimum atomic E-state index is 0.549. The minimum absolute atomic E-state index is 0.549. The van der Waals surface area contributed by atoms with Crippen LogP contribution in [0, 0.1) is 11.3 Å². The fourth-order valence-corrected chi connectivity index (χ4v) is 3.62. The van der Waals surface area contributed by atoms with Gasteiger partial charge >= 0.3 is 0 Å². The molecule has 21 heavy (non-hydrogen) atoms. The number of aryl methyl sites for hydroxylation is 1. The summed E-state index contributed by atoms with van der Waals surface area (Å²) in [5.74, 6) is 0.802. The van der Waals surface area contributed by atoms with Crippen molar-refractivity contribution in [2.75, 3.05) is 6.54 Å². The first-order chi connectivity index (χ1) is 10.1. The topological polar surface area (TPSA) is 12.0 Å². The maximum absolute atomic E-state index is 3.83. The van der Waals surface area contributed by atoms with Gasteiger partial charge in [-0.3, -0.25) is 0 Å². The summed E-state index contributed by atoms with van der Waals surface area (Å²) in [4.78, 5) is 0. The molecule has 0 aromatic heterocycles. The highest BCUT2D eigenvalue weighted by Crippen LogP contribution is 2.42. The van der Waals surface area contributed by atoms with Gasteiger partial charge in [-0.15, -0.1) is 0 Å². The second-order valence-corrected chi connectivity index (χ2v) is 7.53. The zero-order valence-electron chi connectivity index (χ0n) is 14.4. The molecule has 1 unspecified atom stereocenters. The average Bonchev–Trinajstić information content (AvgIpc) is 2.49. The molecule has 118 valence electrons. The van der Waals surface area contributed by atoms with E-state index in [0.717, 1.165) is 18.9 Å². The highest BCUT2D eigenvalue weighted by molar-refractivity contribution is 5.26. The summed E-state index contributed by atoms with van der Waals surface area (Å²) >= 11 is 0. The Balaban J connectivity index is 2.13. The maximum atomic E-state index is 3.83. The molecule has 1 aromatic carbocycles. The van der Waals surface area contributed by atoms with Gasteiger partial charge in [0.2, 0.25) is 0 Å². The number of rotatable bonds is 6. The van der Waals surface area contributed by atoms with Gasteiger partial charge in [0.1, 0.15) is 0 Å². The molecule has 1 fully saturated rings. The van der Waals surface area contributed by atoms with Gasteiger partial charge in [-0.05, 0) is 67.5 Å². The first-order valence-corrected chi connectivity index (χ1v) is 8.88. The molecule has 1 N–H and O–H groups in total. The third-order valence-corrected chi connectivity index (χ3v) is 5.19. The second kappa shape index (κ2) is 7.45. The van der Waals surface area contributed by atoms with Gasteiger partial charge in [0, 0.05) is 6.04 Å². The van der Waals surface area contributed by atoms with Crippen LogP contribution in [0.4, 0.5) is 0 Å². The molecule has 1 nitrogen and oxygen atoms in total. The smallest absolute Gasteiger partial charge is 0.0348 e. The lowest BCUT2D eigenvalue weighted by atomic mass is 9.70. The minimum Gasteiger partial charge on any atom is -0.310 e. The fraction of sp³-hybridized carbons (Fsp3) is 0.700. The molecule has 1 aromatic rings. The van der Waals surface area contributed by atoms with E-state index in [2.05, 4.69) is 57.3 Å². The first kappa shape index (κ1) is 16.5. The van der Waals surface area contributed by atoms with Crippen molar-refractivity contribution in [3.05, 3.63) is 35.4 Å². The van der Waals surface area contributed by atoms with E-state index in [1.54, 1.807) is 0 Å². The van der Waals surface area contributed by atoms with Gasteiger partial charge < -0.3 is 5.32 Å². The largest absolute Gasteiger partial charge is 0.310 e. The van der Waals surface area contributed by atoms with E-state index < -0.39 is 0 Å². The van der Waals surface area contributed by atoms with E-state index in [1.165, 1.54) is 43.2 Å². The van der Waals surface area contributed by atoms with Gasteiger partial charge in [-0.1, -0.05) is 52.0 Å². The lowest BCUT2D eigenvalue weighted by Crippen LogP contribution is -2.33. The molecule has 2 rings (SSSR count). The van der Waals surface area contributed by atoms with Crippen molar-refractivity contribution in [1.29, 1.82) is 0 Å². The van der Waals surface area contributed by atoms with E-state index in [-0.39, 0.29) is 0 Å². The normalized spacial score (nSPS) is 20.4. The van der Waals surface area contributed by atoms with E-state index in [0.29, 0.717) is 11.5 Å². The Bertz CT molecular complexity index is 425. The van der Waals surface area contributed by atoms with Crippen LogP contribution in [0.1, 0.15) is 77.0 Å². The van der Waals surface area contributed by atoms with E-state index in [4.69, 9.17) is 0 Å². The van der Waals surface area contributed by atoms with Crippen molar-refractivity contribution in [3.8, 4) is 0 Å². The summed E-state index contributed by atoms with van der Waals surface area (Å²) in [5.41, 5.74) is 3.52. The molecule has 0 amide bonds. The summed E-state index contributed by atoms with van der Waals surface area (Å²) in [6.07, 6.45) is 7.81. The SMILES string of the molecule is CCCNC(c1cccc(CC)c1)C1CCC(C)(C)CC1. The Hall–Kier alpha value is -0.820. The predicted molar refractivity (Wildman–Crippen MR) is 92.6 cm³/mol. The Morgan fingerprint density at radius 1 is 1.19 bits per heavy atom. The summed E-state index contributed by atoms with van der Waals surface area (Å²) in [6, 6.07) is 9.79. The molecule has 1 heteroatoms. The third-order valence-electron chi connectivity index (χ3n) is 5.19. The summed E-state index contributed by atoms with van der Waals surface area (Å²) in [5, 5.41) is 3.83. The Morgan fingerprint density at radius 2 is 1.90 bits per heavy atom. The molecule has 1 aliphatic carbocycles. The summed E-state index contributed by atoms with van der Waals surface area (Å²) < 4.78 is 0. The zero-order chi connectivity index (χ0) is 15.3. The Morgan fingerprint density at radius 3 is 2.52 bits per heavy atom. The molecule has 0 saturated heterocycles. The van der Waals surface area contributed by atoms with Crippen LogP contribution in [-0.4, -0.2) is 6.54 Å². The van der Waals surface area contributed by atoms with Gasteiger partial charge in [0.25, 0.3) is 0 Å². The average molecular weight is 287 g/mol. The zero-order valence-corrected chi connectivity index (χ0v) is 14.4. The van der Waals surface area contributed by atoms with Crippen LogP contribution in [0.15, 0.2) is 24.3 Å². The number of hydrogen-bond donors (Lipinski definition) is 1. The summed E-state index contributed by atoms with van der Waals surface area (Å²) in [7, 11) is 0. The van der Waals surface area contributed by atoms with Gasteiger partial charge in [0.05, 0.1) is 0 Å². The van der Waals surface area contributed by atoms with Crippen LogP contribution >= 0.6 is 0 Å². The fourth-order valence-electron chi connectivity index (χ4n) is 3.62. The van der Waals surface area contributed by atoms with Crippen LogP contribution < -0.4 is 5.32 Å². The number of nitrogens with one attached hydrogen (secondary N) is 1. The van der Waals surface area contributed by atoms with Crippen molar-refractivity contribution in [1.82, 2.24) is 5.32 Å². The third kappa shape index (κ3) is 4.57. The quantitative estimate of drug-likeness (QED) is 0.728. The number of hydrogen-bond acceptors (Lipinski definition) is 1. The van der Waals surface area contributed by atoms with E-state index >= 15 is 0 Å². The lowest BCUT2D eigenvalue weighted by molar-refractivity contribution is 0.161. The van der Waals surface area contributed by atoms with Gasteiger partial charge in [-0.2, -0.15) is 0 Å². The predicted octanol–water partition coefficient (Wildman–Crippen LogP) is 5.51. The van der Waals surface area contributed by atoms with Crippen molar-refractivity contribution < 1.29 is 0 Å². The highest BCUT2D eigenvalue weighted by atomic mass is 14.9. The monoisotopic (exact) mass is 287 g/mol. The van der Waals surface area contributed by atoms with Gasteiger partial charge in [0.15, 0.2) is 0 Å². The maximum Gasteiger partial charge on any atom is 0.0348 e. The van der Waals surface area contributed by atoms with Crippen LogP contribution in [0.5, 0.6) is 0 Å². The van der Waals surface area contributed by atoms with Crippen LogP contribution in [0.25, 0.3) is 0 Å². The molecule has 0 heterocycles. The lowest BCUT2D eigenvalue weighted by Gasteiger charge is -2.38. The standard InChI is InChI=1S/C20H33N/c1-5-14-21-19(17-10-12-20(3,4)13-11-17)18-9-7-8-16(6-2)15-18/h7-9,15,17,19,21H,5-6,10-14H2,1-4H3. The van der Waals surface area contributed by atoms with Crippen molar-refractivity contribution >= 4 is 0 Å². The molecule has 1 saturated carbocycles. The second-order valence-electron chi connectivity index (χ2n) is 7.53.